The Bertz CT molecular complexity index is 761. The number of nitrogens with zero attached hydrogens (tertiary/aromatic N) is 2. The van der Waals surface area contributed by atoms with Crippen LogP contribution < -0.4 is 16.2 Å². The third kappa shape index (κ3) is 5.42. The summed E-state index contributed by atoms with van der Waals surface area (Å²) in [6.45, 7) is 0.329. The monoisotopic (exact) mass is 414 g/mol. The lowest BCUT2D eigenvalue weighted by atomic mass is 10.2. The van der Waals surface area contributed by atoms with Crippen molar-refractivity contribution in [3.8, 4) is 5.75 Å². The van der Waals surface area contributed by atoms with Gasteiger partial charge in [-0.25, -0.2) is 0 Å². The van der Waals surface area contributed by atoms with Gasteiger partial charge in [0.1, 0.15) is 12.4 Å². The van der Waals surface area contributed by atoms with Crippen molar-refractivity contribution in [2.24, 2.45) is 21.7 Å². The van der Waals surface area contributed by atoms with Gasteiger partial charge in [0.2, 0.25) is 5.96 Å². The maximum Gasteiger partial charge on any atom is 0.211 e. The molecule has 5 nitrogen and oxygen atoms in total. The molecule has 0 fully saturated rings. The van der Waals surface area contributed by atoms with E-state index in [1.54, 1.807) is 12.1 Å². The zero-order valence-electron chi connectivity index (χ0n) is 11.8. The highest BCUT2D eigenvalue weighted by atomic mass is 79.9. The Balaban J connectivity index is 2.06. The molecule has 0 unspecified atom stereocenters. The van der Waals surface area contributed by atoms with Gasteiger partial charge in [-0.3, -0.25) is 0 Å². The molecule has 0 aliphatic carbocycles. The Morgan fingerprint density at radius 1 is 1.17 bits per heavy atom. The summed E-state index contributed by atoms with van der Waals surface area (Å²) in [5.41, 5.74) is 12.1. The minimum Gasteiger partial charge on any atom is -0.488 e. The van der Waals surface area contributed by atoms with E-state index in [1.807, 2.05) is 24.3 Å². The molecule has 0 bridgehead atoms. The molecule has 0 spiro atoms. The fourth-order valence-electron chi connectivity index (χ4n) is 1.67. The van der Waals surface area contributed by atoms with Crippen molar-refractivity contribution >= 4 is 51.3 Å². The quantitative estimate of drug-likeness (QED) is 0.440. The van der Waals surface area contributed by atoms with Crippen molar-refractivity contribution in [2.45, 2.75) is 6.61 Å². The Kier molecular flexibility index (Phi) is 6.27. The van der Waals surface area contributed by atoms with Gasteiger partial charge >= 0.3 is 0 Å². The average Bonchev–Trinajstić information content (AvgIpc) is 2.47. The fraction of sp³-hybridized carbons (Fsp3) is 0.0667. The van der Waals surface area contributed by atoms with E-state index in [2.05, 4.69) is 26.1 Å². The normalized spacial score (nSPS) is 10.7. The molecule has 0 heterocycles. The van der Waals surface area contributed by atoms with Gasteiger partial charge in [0, 0.05) is 15.6 Å². The van der Waals surface area contributed by atoms with Crippen LogP contribution in [0, 0.1) is 0 Å². The lowest BCUT2D eigenvalue weighted by Crippen LogP contribution is -2.21. The molecule has 0 atom stereocenters. The molecule has 0 saturated heterocycles. The average molecular weight is 416 g/mol. The minimum atomic E-state index is -0.0971. The summed E-state index contributed by atoms with van der Waals surface area (Å²) in [6, 6.07) is 10.8. The third-order valence-electron chi connectivity index (χ3n) is 2.73. The van der Waals surface area contributed by atoms with Crippen molar-refractivity contribution in [3.05, 3.63) is 62.0 Å². The summed E-state index contributed by atoms with van der Waals surface area (Å²) in [6.07, 6.45) is 1.53. The van der Waals surface area contributed by atoms with Crippen LogP contribution in [0.1, 0.15) is 11.1 Å². The molecular formula is C15H13BrCl2N4O. The predicted molar refractivity (Wildman–Crippen MR) is 98.3 cm³/mol. The smallest absolute Gasteiger partial charge is 0.211 e. The SMILES string of the molecule is NC(N)=NN=Cc1ccc(OCc2ccc(Cl)cc2Cl)c(Br)c1. The second-order valence-electron chi connectivity index (χ2n) is 4.48. The summed E-state index contributed by atoms with van der Waals surface area (Å²) in [7, 11) is 0. The first kappa shape index (κ1) is 17.6. The fourth-order valence-corrected chi connectivity index (χ4v) is 2.64. The van der Waals surface area contributed by atoms with E-state index in [1.165, 1.54) is 6.21 Å². The molecule has 0 radical (unpaired) electrons. The van der Waals surface area contributed by atoms with Crippen LogP contribution in [0.4, 0.5) is 0 Å². The van der Waals surface area contributed by atoms with Crippen molar-refractivity contribution in [3.63, 3.8) is 0 Å². The number of nitrogens with two attached hydrogens (primary N) is 2. The van der Waals surface area contributed by atoms with E-state index in [-0.39, 0.29) is 5.96 Å². The van der Waals surface area contributed by atoms with Crippen LogP contribution in [0.3, 0.4) is 0 Å². The topological polar surface area (TPSA) is 86.0 Å². The van der Waals surface area contributed by atoms with Crippen LogP contribution in [0.2, 0.25) is 10.0 Å². The molecule has 23 heavy (non-hydrogen) atoms. The van der Waals surface area contributed by atoms with Crippen LogP contribution >= 0.6 is 39.1 Å². The summed E-state index contributed by atoms with van der Waals surface area (Å²) < 4.78 is 6.53. The highest BCUT2D eigenvalue weighted by molar-refractivity contribution is 9.10. The van der Waals surface area contributed by atoms with Gasteiger partial charge in [0.15, 0.2) is 0 Å². The van der Waals surface area contributed by atoms with Crippen molar-refractivity contribution in [2.75, 3.05) is 0 Å². The number of benzene rings is 2. The first-order valence-electron chi connectivity index (χ1n) is 6.44. The molecule has 2 rings (SSSR count). The zero-order chi connectivity index (χ0) is 16.8. The number of hydrogen-bond donors (Lipinski definition) is 2. The molecule has 0 aliphatic heterocycles. The minimum absolute atomic E-state index is 0.0971. The number of halogens is 3. The van der Waals surface area contributed by atoms with E-state index < -0.39 is 0 Å². The van der Waals surface area contributed by atoms with Crippen molar-refractivity contribution < 1.29 is 4.74 Å². The predicted octanol–water partition coefficient (Wildman–Crippen LogP) is 3.94. The van der Waals surface area contributed by atoms with Gasteiger partial charge in [0.05, 0.1) is 10.7 Å². The van der Waals surface area contributed by atoms with Crippen molar-refractivity contribution in [1.82, 2.24) is 0 Å². The van der Waals surface area contributed by atoms with Gasteiger partial charge in [-0.15, -0.1) is 5.10 Å². The second-order valence-corrected chi connectivity index (χ2v) is 6.18. The van der Waals surface area contributed by atoms with Crippen LogP contribution in [-0.2, 0) is 6.61 Å². The van der Waals surface area contributed by atoms with Gasteiger partial charge in [-0.05, 0) is 51.8 Å². The van der Waals surface area contributed by atoms with Gasteiger partial charge < -0.3 is 16.2 Å². The van der Waals surface area contributed by atoms with E-state index in [4.69, 9.17) is 39.4 Å². The molecular weight excluding hydrogens is 403 g/mol. The van der Waals surface area contributed by atoms with Gasteiger partial charge in [0.25, 0.3) is 0 Å². The Morgan fingerprint density at radius 3 is 2.61 bits per heavy atom. The lowest BCUT2D eigenvalue weighted by molar-refractivity contribution is 0.304. The summed E-state index contributed by atoms with van der Waals surface area (Å²) >= 11 is 15.4. The van der Waals surface area contributed by atoms with Gasteiger partial charge in [-0.2, -0.15) is 5.10 Å². The number of rotatable bonds is 5. The third-order valence-corrected chi connectivity index (χ3v) is 3.94. The van der Waals surface area contributed by atoms with Crippen LogP contribution in [0.25, 0.3) is 0 Å². The first-order chi connectivity index (χ1) is 11.0. The summed E-state index contributed by atoms with van der Waals surface area (Å²) in [5.74, 6) is 0.579. The molecule has 2 aromatic rings. The van der Waals surface area contributed by atoms with Crippen LogP contribution in [0.5, 0.6) is 5.75 Å². The maximum absolute atomic E-state index is 6.12. The molecule has 8 heteroatoms. The molecule has 0 saturated carbocycles. The molecule has 0 aromatic heterocycles. The lowest BCUT2D eigenvalue weighted by Gasteiger charge is -2.10. The van der Waals surface area contributed by atoms with Gasteiger partial charge in [-0.1, -0.05) is 29.3 Å². The zero-order valence-corrected chi connectivity index (χ0v) is 14.9. The van der Waals surface area contributed by atoms with Crippen molar-refractivity contribution in [1.29, 1.82) is 0 Å². The van der Waals surface area contributed by atoms with E-state index in [0.717, 1.165) is 15.6 Å². The standard InChI is InChI=1S/C15H13BrCl2N4O/c16-12-5-9(7-21-22-15(19)20)1-4-14(12)23-8-10-2-3-11(17)6-13(10)18/h1-7H,8H2,(H4,19,20,22). The van der Waals surface area contributed by atoms with E-state index in [0.29, 0.717) is 22.4 Å². The molecule has 0 amide bonds. The van der Waals surface area contributed by atoms with Crippen LogP contribution in [0.15, 0.2) is 51.1 Å². The highest BCUT2D eigenvalue weighted by Gasteiger charge is 2.05. The van der Waals surface area contributed by atoms with Crippen LogP contribution in [-0.4, -0.2) is 12.2 Å². The maximum atomic E-state index is 6.12. The van der Waals surface area contributed by atoms with E-state index in [9.17, 15) is 0 Å². The second kappa shape index (κ2) is 8.19. The Morgan fingerprint density at radius 2 is 1.96 bits per heavy atom. The summed E-state index contributed by atoms with van der Waals surface area (Å²) in [4.78, 5) is 0. The summed E-state index contributed by atoms with van der Waals surface area (Å²) in [5, 5.41) is 8.43. The first-order valence-corrected chi connectivity index (χ1v) is 7.99. The number of ether oxygens (including phenoxy) is 1. The molecule has 4 N–H and O–H groups in total. The highest BCUT2D eigenvalue weighted by Crippen LogP contribution is 2.28. The largest absolute Gasteiger partial charge is 0.488 e. The Labute approximate surface area is 152 Å². The number of hydrogen-bond acceptors (Lipinski definition) is 3. The van der Waals surface area contributed by atoms with E-state index >= 15 is 0 Å². The number of guanidine groups is 1. The molecule has 2 aromatic carbocycles. The molecule has 0 aliphatic rings. The molecule has 120 valence electrons. The Hall–Kier alpha value is -1.76.